The Morgan fingerprint density at radius 1 is 1.17 bits per heavy atom. The van der Waals surface area contributed by atoms with E-state index in [0.717, 1.165) is 0 Å². The predicted octanol–water partition coefficient (Wildman–Crippen LogP) is 3.22. The van der Waals surface area contributed by atoms with E-state index in [1.807, 2.05) is 0 Å². The Morgan fingerprint density at radius 3 is 2.27 bits per heavy atom. The van der Waals surface area contributed by atoms with Crippen LogP contribution in [0.1, 0.15) is 10.4 Å². The summed E-state index contributed by atoms with van der Waals surface area (Å²) in [4.78, 5) is 22.9. The molecule has 0 aliphatic heterocycles. The third-order valence-electron chi connectivity index (χ3n) is 4.06. The van der Waals surface area contributed by atoms with Gasteiger partial charge in [0.05, 0.1) is 22.6 Å². The summed E-state index contributed by atoms with van der Waals surface area (Å²) in [5.74, 6) is -0.329. The molecule has 1 N–H and O–H groups in total. The number of nitro groups is 1. The van der Waals surface area contributed by atoms with Gasteiger partial charge in [-0.05, 0) is 30.3 Å². The van der Waals surface area contributed by atoms with Crippen LogP contribution in [0.2, 0.25) is 0 Å². The summed E-state index contributed by atoms with van der Waals surface area (Å²) in [6, 6.07) is 9.14. The highest BCUT2D eigenvalue weighted by molar-refractivity contribution is 7.89. The molecule has 0 unspecified atom stereocenters. The van der Waals surface area contributed by atoms with E-state index in [9.17, 15) is 23.3 Å². The van der Waals surface area contributed by atoms with Gasteiger partial charge in [0, 0.05) is 30.8 Å². The van der Waals surface area contributed by atoms with E-state index >= 15 is 0 Å². The second kappa shape index (κ2) is 9.81. The van der Waals surface area contributed by atoms with Crippen LogP contribution in [0.25, 0.3) is 0 Å². The molecular formula is C20H21N3O6S. The minimum atomic E-state index is -3.79. The minimum Gasteiger partial charge on any atom is -0.495 e. The second-order valence-electron chi connectivity index (χ2n) is 6.02. The summed E-state index contributed by atoms with van der Waals surface area (Å²) in [7, 11) is -2.42. The fourth-order valence-corrected chi connectivity index (χ4v) is 3.97. The molecule has 0 spiro atoms. The van der Waals surface area contributed by atoms with Crippen LogP contribution in [0, 0.1) is 10.1 Å². The number of methoxy groups -OCH3 is 1. The standard InChI is InChI=1S/C20H21N3O6S/c1-4-12-22(13-5-2)30(27,28)17-9-6-15(7-10-17)20(24)21-18-14-16(23(25)26)8-11-19(18)29-3/h4-11,14H,1-2,12-13H2,3H3,(H,21,24). The molecule has 0 atom stereocenters. The van der Waals surface area contributed by atoms with E-state index in [1.165, 1.54) is 66.0 Å². The van der Waals surface area contributed by atoms with Crippen LogP contribution in [0.3, 0.4) is 0 Å². The van der Waals surface area contributed by atoms with Crippen LogP contribution in [0.15, 0.2) is 72.7 Å². The van der Waals surface area contributed by atoms with Gasteiger partial charge in [-0.2, -0.15) is 4.31 Å². The van der Waals surface area contributed by atoms with Crippen molar-refractivity contribution in [1.82, 2.24) is 4.31 Å². The van der Waals surface area contributed by atoms with Crippen LogP contribution in [0.4, 0.5) is 11.4 Å². The van der Waals surface area contributed by atoms with Gasteiger partial charge in [0.2, 0.25) is 10.0 Å². The lowest BCUT2D eigenvalue weighted by molar-refractivity contribution is -0.384. The number of hydrogen-bond acceptors (Lipinski definition) is 6. The number of hydrogen-bond donors (Lipinski definition) is 1. The Kier molecular flexibility index (Phi) is 7.45. The average molecular weight is 431 g/mol. The molecule has 0 radical (unpaired) electrons. The van der Waals surface area contributed by atoms with Gasteiger partial charge in [0.25, 0.3) is 11.6 Å². The summed E-state index contributed by atoms with van der Waals surface area (Å²) in [5.41, 5.74) is 0.0788. The largest absolute Gasteiger partial charge is 0.495 e. The number of nitro benzene ring substituents is 1. The lowest BCUT2D eigenvalue weighted by Gasteiger charge is -2.19. The van der Waals surface area contributed by atoms with Crippen molar-refractivity contribution in [2.45, 2.75) is 4.90 Å². The molecule has 158 valence electrons. The van der Waals surface area contributed by atoms with Crippen molar-refractivity contribution in [3.8, 4) is 5.75 Å². The average Bonchev–Trinajstić information content (AvgIpc) is 2.73. The van der Waals surface area contributed by atoms with Gasteiger partial charge in [-0.15, -0.1) is 13.2 Å². The molecule has 0 saturated carbocycles. The van der Waals surface area contributed by atoms with Crippen LogP contribution in [-0.4, -0.2) is 43.8 Å². The van der Waals surface area contributed by atoms with Crippen molar-refractivity contribution in [2.75, 3.05) is 25.5 Å². The van der Waals surface area contributed by atoms with Crippen LogP contribution in [0.5, 0.6) is 5.75 Å². The molecule has 30 heavy (non-hydrogen) atoms. The number of sulfonamides is 1. The number of ether oxygens (including phenoxy) is 1. The number of carbonyl (C=O) groups excluding carboxylic acids is 1. The first-order chi connectivity index (χ1) is 14.2. The molecule has 2 rings (SSSR count). The maximum absolute atomic E-state index is 12.7. The van der Waals surface area contributed by atoms with Gasteiger partial charge >= 0.3 is 0 Å². The van der Waals surface area contributed by atoms with Gasteiger partial charge < -0.3 is 10.1 Å². The molecule has 0 heterocycles. The maximum atomic E-state index is 12.7. The first-order valence-corrected chi connectivity index (χ1v) is 10.1. The highest BCUT2D eigenvalue weighted by Gasteiger charge is 2.23. The van der Waals surface area contributed by atoms with Crippen molar-refractivity contribution >= 4 is 27.3 Å². The fraction of sp³-hybridized carbons (Fsp3) is 0.150. The van der Waals surface area contributed by atoms with Crippen LogP contribution < -0.4 is 10.1 Å². The monoisotopic (exact) mass is 431 g/mol. The summed E-state index contributed by atoms with van der Waals surface area (Å²) in [5, 5.41) is 13.5. The number of amides is 1. The van der Waals surface area contributed by atoms with E-state index in [0.29, 0.717) is 0 Å². The first kappa shape index (κ1) is 22.8. The Labute approximate surface area is 174 Å². The highest BCUT2D eigenvalue weighted by Crippen LogP contribution is 2.29. The van der Waals surface area contributed by atoms with Crippen LogP contribution >= 0.6 is 0 Å². The third-order valence-corrected chi connectivity index (χ3v) is 5.91. The Morgan fingerprint density at radius 2 is 1.77 bits per heavy atom. The number of non-ortho nitro benzene ring substituents is 1. The summed E-state index contributed by atoms with van der Waals surface area (Å²) in [6.07, 6.45) is 2.94. The van der Waals surface area contributed by atoms with E-state index in [1.54, 1.807) is 0 Å². The van der Waals surface area contributed by atoms with Gasteiger partial charge in [0.1, 0.15) is 5.75 Å². The number of nitrogens with zero attached hydrogens (tertiary/aromatic N) is 2. The normalized spacial score (nSPS) is 11.0. The number of anilines is 1. The van der Waals surface area contributed by atoms with Crippen molar-refractivity contribution in [3.05, 3.63) is 83.5 Å². The van der Waals surface area contributed by atoms with Gasteiger partial charge in [0.15, 0.2) is 0 Å². The van der Waals surface area contributed by atoms with E-state index in [2.05, 4.69) is 18.5 Å². The molecule has 2 aromatic rings. The molecule has 0 aromatic heterocycles. The highest BCUT2D eigenvalue weighted by atomic mass is 32.2. The molecule has 9 nitrogen and oxygen atoms in total. The molecule has 0 bridgehead atoms. The molecule has 0 aliphatic rings. The van der Waals surface area contributed by atoms with Crippen LogP contribution in [-0.2, 0) is 10.0 Å². The number of rotatable bonds is 10. The Hall–Kier alpha value is -3.50. The molecule has 0 aliphatic carbocycles. The van der Waals surface area contributed by atoms with Gasteiger partial charge in [-0.1, -0.05) is 12.2 Å². The smallest absolute Gasteiger partial charge is 0.271 e. The van der Waals surface area contributed by atoms with E-state index < -0.39 is 20.9 Å². The predicted molar refractivity (Wildman–Crippen MR) is 113 cm³/mol. The molecular weight excluding hydrogens is 410 g/mol. The summed E-state index contributed by atoms with van der Waals surface area (Å²) < 4.78 is 31.7. The number of benzene rings is 2. The zero-order valence-electron chi connectivity index (χ0n) is 16.3. The molecule has 0 fully saturated rings. The third kappa shape index (κ3) is 5.10. The lowest BCUT2D eigenvalue weighted by Crippen LogP contribution is -2.31. The molecule has 2 aromatic carbocycles. The minimum absolute atomic E-state index is 0.00989. The summed E-state index contributed by atoms with van der Waals surface area (Å²) >= 11 is 0. The van der Waals surface area contributed by atoms with E-state index in [-0.39, 0.29) is 40.7 Å². The van der Waals surface area contributed by atoms with Crippen molar-refractivity contribution < 1.29 is 22.9 Å². The summed E-state index contributed by atoms with van der Waals surface area (Å²) in [6.45, 7) is 7.33. The van der Waals surface area contributed by atoms with Gasteiger partial charge in [-0.25, -0.2) is 8.42 Å². The fourth-order valence-electron chi connectivity index (χ4n) is 2.59. The van der Waals surface area contributed by atoms with Crippen molar-refractivity contribution in [2.24, 2.45) is 0 Å². The zero-order chi connectivity index (χ0) is 22.3. The molecule has 10 heteroatoms. The second-order valence-corrected chi connectivity index (χ2v) is 7.96. The maximum Gasteiger partial charge on any atom is 0.271 e. The lowest BCUT2D eigenvalue weighted by atomic mass is 10.2. The van der Waals surface area contributed by atoms with Crippen molar-refractivity contribution in [1.29, 1.82) is 0 Å². The number of nitrogens with one attached hydrogen (secondary N) is 1. The molecule has 1 amide bonds. The zero-order valence-corrected chi connectivity index (χ0v) is 17.1. The van der Waals surface area contributed by atoms with Crippen molar-refractivity contribution in [3.63, 3.8) is 0 Å². The Balaban J connectivity index is 2.27. The van der Waals surface area contributed by atoms with E-state index in [4.69, 9.17) is 4.74 Å². The topological polar surface area (TPSA) is 119 Å². The first-order valence-electron chi connectivity index (χ1n) is 8.70. The quantitative estimate of drug-likeness (QED) is 0.350. The van der Waals surface area contributed by atoms with Gasteiger partial charge in [-0.3, -0.25) is 14.9 Å². The SMILES string of the molecule is C=CCN(CC=C)S(=O)(=O)c1ccc(C(=O)Nc2cc([N+](=O)[O-])ccc2OC)cc1. The number of carbonyl (C=O) groups is 1. The Bertz CT molecular complexity index is 1050. The molecule has 0 saturated heterocycles.